The van der Waals surface area contributed by atoms with Crippen LogP contribution in [0.15, 0.2) is 24.4 Å². The van der Waals surface area contributed by atoms with Crippen LogP contribution in [0.5, 0.6) is 0 Å². The molecule has 0 aliphatic carbocycles. The van der Waals surface area contributed by atoms with Gasteiger partial charge in [-0.2, -0.15) is 0 Å². The van der Waals surface area contributed by atoms with Crippen LogP contribution in [-0.4, -0.2) is 32.3 Å². The minimum absolute atomic E-state index is 0.0173. The summed E-state index contributed by atoms with van der Waals surface area (Å²) in [4.78, 5) is 14.7. The number of hydrogen-bond acceptors (Lipinski definition) is 3. The maximum Gasteiger partial charge on any atom is 0.274 e. The topological polar surface area (TPSA) is 51.0 Å². The molecule has 5 nitrogen and oxygen atoms in total. The molecule has 5 heteroatoms. The van der Waals surface area contributed by atoms with Crippen molar-refractivity contribution in [2.75, 3.05) is 6.54 Å². The van der Waals surface area contributed by atoms with Crippen molar-refractivity contribution in [2.24, 2.45) is 0 Å². The Morgan fingerprint density at radius 2 is 2.04 bits per heavy atom. The van der Waals surface area contributed by atoms with Crippen LogP contribution in [0.2, 0.25) is 0 Å². The molecule has 0 bridgehead atoms. The zero-order valence-corrected chi connectivity index (χ0v) is 14.3. The fraction of sp³-hybridized carbons (Fsp3) is 0.500. The molecule has 1 aliphatic heterocycles. The number of carbonyl (C=O) groups is 1. The van der Waals surface area contributed by atoms with Gasteiger partial charge in [0, 0.05) is 19.6 Å². The van der Waals surface area contributed by atoms with E-state index >= 15 is 0 Å². The maximum atomic E-state index is 12.8. The number of benzene rings is 1. The van der Waals surface area contributed by atoms with Crippen LogP contribution in [0, 0.1) is 0 Å². The van der Waals surface area contributed by atoms with E-state index in [0.29, 0.717) is 18.8 Å². The minimum atomic E-state index is 0.0173. The Kier molecular flexibility index (Phi) is 3.96. The third kappa shape index (κ3) is 3.00. The zero-order chi connectivity index (χ0) is 16.6. The summed E-state index contributed by atoms with van der Waals surface area (Å²) in [5.74, 6) is 0.0173. The highest BCUT2D eigenvalue weighted by Gasteiger charge is 2.25. The molecule has 122 valence electrons. The van der Waals surface area contributed by atoms with Crippen molar-refractivity contribution in [3.05, 3.63) is 46.8 Å². The largest absolute Gasteiger partial charge is 0.333 e. The van der Waals surface area contributed by atoms with E-state index in [1.54, 1.807) is 10.9 Å². The number of hydrogen-bond donors (Lipinski definition) is 0. The number of aromatic nitrogens is 3. The van der Waals surface area contributed by atoms with Gasteiger partial charge < -0.3 is 4.90 Å². The number of carbonyl (C=O) groups excluding carboxylic acids is 1. The molecule has 0 radical (unpaired) electrons. The van der Waals surface area contributed by atoms with Crippen LogP contribution in [0.25, 0.3) is 0 Å². The maximum absolute atomic E-state index is 12.8. The Morgan fingerprint density at radius 1 is 1.26 bits per heavy atom. The second kappa shape index (κ2) is 5.80. The van der Waals surface area contributed by atoms with E-state index < -0.39 is 0 Å². The van der Waals surface area contributed by atoms with Crippen molar-refractivity contribution in [3.8, 4) is 0 Å². The highest BCUT2D eigenvalue weighted by atomic mass is 16.2. The summed E-state index contributed by atoms with van der Waals surface area (Å²) in [6.45, 7) is 10.7. The molecule has 0 N–H and O–H groups in total. The lowest BCUT2D eigenvalue weighted by Gasteiger charge is -2.30. The van der Waals surface area contributed by atoms with Crippen molar-refractivity contribution < 1.29 is 4.79 Å². The van der Waals surface area contributed by atoms with Gasteiger partial charge in [-0.3, -0.25) is 4.79 Å². The smallest absolute Gasteiger partial charge is 0.274 e. The average molecular weight is 312 g/mol. The van der Waals surface area contributed by atoms with Gasteiger partial charge in [-0.15, -0.1) is 5.10 Å². The van der Waals surface area contributed by atoms with Gasteiger partial charge in [0.15, 0.2) is 0 Å². The van der Waals surface area contributed by atoms with Crippen LogP contribution < -0.4 is 0 Å². The molecule has 2 heterocycles. The number of rotatable bonds is 2. The van der Waals surface area contributed by atoms with Crippen molar-refractivity contribution in [1.29, 1.82) is 0 Å². The van der Waals surface area contributed by atoms with E-state index in [9.17, 15) is 4.79 Å². The SMILES string of the molecule is CCn1nncc1C(=O)N1CCc2ccc(C(C)(C)C)cc2C1. The summed E-state index contributed by atoms with van der Waals surface area (Å²) >= 11 is 0. The van der Waals surface area contributed by atoms with Gasteiger partial charge in [0.2, 0.25) is 0 Å². The lowest BCUT2D eigenvalue weighted by molar-refractivity contribution is 0.0722. The predicted molar refractivity (Wildman–Crippen MR) is 89.3 cm³/mol. The summed E-state index contributed by atoms with van der Waals surface area (Å²) in [5.41, 5.74) is 4.61. The van der Waals surface area contributed by atoms with Crippen molar-refractivity contribution in [1.82, 2.24) is 19.9 Å². The molecular formula is C18H24N4O. The highest BCUT2D eigenvalue weighted by Crippen LogP contribution is 2.28. The van der Waals surface area contributed by atoms with Gasteiger partial charge in [0.1, 0.15) is 5.69 Å². The molecule has 3 rings (SSSR count). The van der Waals surface area contributed by atoms with E-state index in [-0.39, 0.29) is 11.3 Å². The van der Waals surface area contributed by atoms with Crippen molar-refractivity contribution in [3.63, 3.8) is 0 Å². The molecule has 1 aromatic carbocycles. The Labute approximate surface area is 137 Å². The Balaban J connectivity index is 1.86. The van der Waals surface area contributed by atoms with Crippen LogP contribution in [0.4, 0.5) is 0 Å². The Hall–Kier alpha value is -2.17. The first-order chi connectivity index (χ1) is 10.9. The van der Waals surface area contributed by atoms with E-state index in [1.807, 2.05) is 11.8 Å². The summed E-state index contributed by atoms with van der Waals surface area (Å²) in [6.07, 6.45) is 2.46. The number of amides is 1. The molecule has 1 amide bonds. The molecule has 0 fully saturated rings. The lowest BCUT2D eigenvalue weighted by atomic mass is 9.84. The van der Waals surface area contributed by atoms with Crippen LogP contribution in [0.1, 0.15) is 54.9 Å². The Morgan fingerprint density at radius 3 is 2.74 bits per heavy atom. The average Bonchev–Trinajstić information content (AvgIpc) is 3.00. The fourth-order valence-electron chi connectivity index (χ4n) is 3.02. The first kappa shape index (κ1) is 15.7. The highest BCUT2D eigenvalue weighted by molar-refractivity contribution is 5.92. The molecule has 0 unspecified atom stereocenters. The monoisotopic (exact) mass is 312 g/mol. The normalized spacial score (nSPS) is 14.7. The third-order valence-corrected chi connectivity index (χ3v) is 4.51. The Bertz CT molecular complexity index is 727. The van der Waals surface area contributed by atoms with E-state index in [4.69, 9.17) is 0 Å². The van der Waals surface area contributed by atoms with Crippen LogP contribution >= 0.6 is 0 Å². The minimum Gasteiger partial charge on any atom is -0.333 e. The van der Waals surface area contributed by atoms with Gasteiger partial charge >= 0.3 is 0 Å². The first-order valence-electron chi connectivity index (χ1n) is 8.20. The van der Waals surface area contributed by atoms with Gasteiger partial charge in [0.25, 0.3) is 5.91 Å². The van der Waals surface area contributed by atoms with Gasteiger partial charge in [-0.1, -0.05) is 44.2 Å². The summed E-state index contributed by atoms with van der Waals surface area (Å²) in [6, 6.07) is 6.69. The third-order valence-electron chi connectivity index (χ3n) is 4.51. The fourth-order valence-corrected chi connectivity index (χ4v) is 3.02. The van der Waals surface area contributed by atoms with Gasteiger partial charge in [-0.05, 0) is 35.4 Å². The van der Waals surface area contributed by atoms with Gasteiger partial charge in [0.05, 0.1) is 6.20 Å². The number of nitrogens with zero attached hydrogens (tertiary/aromatic N) is 4. The zero-order valence-electron chi connectivity index (χ0n) is 14.3. The predicted octanol–water partition coefficient (Wildman–Crippen LogP) is 2.79. The molecule has 2 aromatic rings. The second-order valence-electron chi connectivity index (χ2n) is 7.15. The molecule has 0 saturated carbocycles. The van der Waals surface area contributed by atoms with Crippen LogP contribution in [-0.2, 0) is 24.9 Å². The lowest BCUT2D eigenvalue weighted by Crippen LogP contribution is -2.37. The molecule has 0 spiro atoms. The molecule has 23 heavy (non-hydrogen) atoms. The summed E-state index contributed by atoms with van der Waals surface area (Å²) in [5, 5.41) is 7.83. The number of fused-ring (bicyclic) bond motifs is 1. The molecule has 0 atom stereocenters. The van der Waals surface area contributed by atoms with E-state index in [1.165, 1.54) is 16.7 Å². The first-order valence-corrected chi connectivity index (χ1v) is 8.20. The van der Waals surface area contributed by atoms with E-state index in [2.05, 4.69) is 49.3 Å². The van der Waals surface area contributed by atoms with Crippen LogP contribution in [0.3, 0.4) is 0 Å². The molecule has 1 aromatic heterocycles. The quantitative estimate of drug-likeness (QED) is 0.857. The molecular weight excluding hydrogens is 288 g/mol. The van der Waals surface area contributed by atoms with E-state index in [0.717, 1.165) is 13.0 Å². The van der Waals surface area contributed by atoms with Crippen molar-refractivity contribution in [2.45, 2.75) is 52.6 Å². The van der Waals surface area contributed by atoms with Crippen molar-refractivity contribution >= 4 is 5.91 Å². The standard InChI is InChI=1S/C18H24N4O/c1-5-22-16(11-19-20-22)17(23)21-9-8-13-6-7-15(18(2,3)4)10-14(13)12-21/h6-7,10-11H,5,8-9,12H2,1-4H3. The molecule has 1 aliphatic rings. The summed E-state index contributed by atoms with van der Waals surface area (Å²) < 4.78 is 1.66. The summed E-state index contributed by atoms with van der Waals surface area (Å²) in [7, 11) is 0. The van der Waals surface area contributed by atoms with Gasteiger partial charge in [-0.25, -0.2) is 4.68 Å². The second-order valence-corrected chi connectivity index (χ2v) is 7.15. The molecule has 0 saturated heterocycles. The number of aryl methyl sites for hydroxylation is 1.